The molecule has 0 aliphatic carbocycles. The Morgan fingerprint density at radius 1 is 1.42 bits per heavy atom. The number of hydrogen-bond acceptors (Lipinski definition) is 4. The lowest BCUT2D eigenvalue weighted by Gasteiger charge is -2.08. The van der Waals surface area contributed by atoms with Crippen LogP contribution in [0.15, 0.2) is 17.4 Å². The van der Waals surface area contributed by atoms with Crippen molar-refractivity contribution in [1.29, 1.82) is 0 Å². The largest absolute Gasteiger partial charge is 0.367 e. The summed E-state index contributed by atoms with van der Waals surface area (Å²) in [7, 11) is 0. The van der Waals surface area contributed by atoms with E-state index in [0.29, 0.717) is 6.04 Å². The Balaban J connectivity index is 2.72. The van der Waals surface area contributed by atoms with Crippen LogP contribution in [0.3, 0.4) is 0 Å². The van der Waals surface area contributed by atoms with Crippen molar-refractivity contribution in [3.63, 3.8) is 0 Å². The van der Waals surface area contributed by atoms with Gasteiger partial charge in [0.1, 0.15) is 10.8 Å². The molecular weight excluding hydrogens is 170 g/mol. The van der Waals surface area contributed by atoms with Gasteiger partial charge in [0.15, 0.2) is 0 Å². The minimum Gasteiger partial charge on any atom is -0.367 e. The minimum absolute atomic E-state index is 0.399. The Morgan fingerprint density at radius 3 is 2.75 bits per heavy atom. The maximum absolute atomic E-state index is 4.32. The summed E-state index contributed by atoms with van der Waals surface area (Å²) in [6.45, 7) is 4.15. The van der Waals surface area contributed by atoms with Gasteiger partial charge in [0.05, 0.1) is 12.4 Å². The third kappa shape index (κ3) is 2.70. The second-order valence-electron chi connectivity index (χ2n) is 2.75. The SMILES string of the molecule is CSc1cncc(NC(C)C)n1. The molecule has 1 rings (SSSR count). The van der Waals surface area contributed by atoms with Crippen LogP contribution in [0.4, 0.5) is 5.82 Å². The van der Waals surface area contributed by atoms with Crippen molar-refractivity contribution in [1.82, 2.24) is 9.97 Å². The number of aromatic nitrogens is 2. The van der Waals surface area contributed by atoms with Gasteiger partial charge in [-0.05, 0) is 20.1 Å². The Kier molecular flexibility index (Phi) is 3.34. The number of nitrogens with one attached hydrogen (secondary N) is 1. The fourth-order valence-electron chi connectivity index (χ4n) is 0.812. The van der Waals surface area contributed by atoms with Crippen LogP contribution in [0, 0.1) is 0 Å². The molecule has 0 unspecified atom stereocenters. The summed E-state index contributed by atoms with van der Waals surface area (Å²) in [5, 5.41) is 4.14. The fourth-order valence-corrected chi connectivity index (χ4v) is 1.17. The molecule has 66 valence electrons. The third-order valence-electron chi connectivity index (χ3n) is 1.26. The van der Waals surface area contributed by atoms with Crippen molar-refractivity contribution in [2.45, 2.75) is 24.9 Å². The lowest BCUT2D eigenvalue weighted by molar-refractivity contribution is 0.876. The molecular formula is C8H13N3S. The summed E-state index contributed by atoms with van der Waals surface area (Å²) in [4.78, 5) is 8.38. The maximum Gasteiger partial charge on any atom is 0.146 e. The highest BCUT2D eigenvalue weighted by Gasteiger charge is 1.98. The third-order valence-corrected chi connectivity index (χ3v) is 1.87. The molecule has 0 saturated heterocycles. The molecule has 0 bridgehead atoms. The van der Waals surface area contributed by atoms with Crippen molar-refractivity contribution >= 4 is 17.6 Å². The van der Waals surface area contributed by atoms with Crippen LogP contribution < -0.4 is 5.32 Å². The highest BCUT2D eigenvalue weighted by atomic mass is 32.2. The van der Waals surface area contributed by atoms with Crippen LogP contribution in [0.1, 0.15) is 13.8 Å². The smallest absolute Gasteiger partial charge is 0.146 e. The first-order chi connectivity index (χ1) is 5.72. The molecule has 12 heavy (non-hydrogen) atoms. The quantitative estimate of drug-likeness (QED) is 0.727. The molecule has 1 aromatic heterocycles. The molecule has 3 nitrogen and oxygen atoms in total. The molecule has 4 heteroatoms. The van der Waals surface area contributed by atoms with E-state index in [4.69, 9.17) is 0 Å². The van der Waals surface area contributed by atoms with Crippen molar-refractivity contribution in [2.24, 2.45) is 0 Å². The first-order valence-corrected chi connectivity index (χ1v) is 5.07. The van der Waals surface area contributed by atoms with E-state index in [0.717, 1.165) is 10.8 Å². The van der Waals surface area contributed by atoms with Gasteiger partial charge in [-0.3, -0.25) is 4.98 Å². The van der Waals surface area contributed by atoms with Gasteiger partial charge in [0.25, 0.3) is 0 Å². The van der Waals surface area contributed by atoms with Gasteiger partial charge >= 0.3 is 0 Å². The van der Waals surface area contributed by atoms with Crippen LogP contribution in [0.25, 0.3) is 0 Å². The van der Waals surface area contributed by atoms with Gasteiger partial charge in [0, 0.05) is 6.04 Å². The molecule has 1 heterocycles. The zero-order valence-electron chi connectivity index (χ0n) is 7.53. The first-order valence-electron chi connectivity index (χ1n) is 3.85. The van der Waals surface area contributed by atoms with Crippen LogP contribution in [-0.2, 0) is 0 Å². The molecule has 0 aliphatic heterocycles. The average Bonchev–Trinajstić information content (AvgIpc) is 2.03. The van der Waals surface area contributed by atoms with Gasteiger partial charge in [-0.1, -0.05) is 0 Å². The highest BCUT2D eigenvalue weighted by molar-refractivity contribution is 7.98. The maximum atomic E-state index is 4.32. The van der Waals surface area contributed by atoms with E-state index in [1.165, 1.54) is 0 Å². The van der Waals surface area contributed by atoms with Gasteiger partial charge in [0.2, 0.25) is 0 Å². The second-order valence-corrected chi connectivity index (χ2v) is 3.57. The van der Waals surface area contributed by atoms with E-state index in [2.05, 4.69) is 29.1 Å². The molecule has 1 N–H and O–H groups in total. The Hall–Kier alpha value is -0.770. The average molecular weight is 183 g/mol. The summed E-state index contributed by atoms with van der Waals surface area (Å²) in [5.74, 6) is 0.844. The van der Waals surface area contributed by atoms with Crippen LogP contribution in [0.5, 0.6) is 0 Å². The van der Waals surface area contributed by atoms with Gasteiger partial charge < -0.3 is 5.32 Å². The molecule has 0 fully saturated rings. The summed E-state index contributed by atoms with van der Waals surface area (Å²) < 4.78 is 0. The van der Waals surface area contributed by atoms with Gasteiger partial charge in [-0.25, -0.2) is 4.98 Å². The van der Waals surface area contributed by atoms with E-state index in [-0.39, 0.29) is 0 Å². The van der Waals surface area contributed by atoms with E-state index in [9.17, 15) is 0 Å². The zero-order chi connectivity index (χ0) is 8.97. The second kappa shape index (κ2) is 4.30. The van der Waals surface area contributed by atoms with E-state index >= 15 is 0 Å². The van der Waals surface area contributed by atoms with Crippen molar-refractivity contribution in [2.75, 3.05) is 11.6 Å². The topological polar surface area (TPSA) is 37.8 Å². The number of rotatable bonds is 3. The predicted octanol–water partition coefficient (Wildman–Crippen LogP) is 2.02. The van der Waals surface area contributed by atoms with Crippen LogP contribution >= 0.6 is 11.8 Å². The number of anilines is 1. The summed E-state index contributed by atoms with van der Waals surface area (Å²) in [5.41, 5.74) is 0. The fraction of sp³-hybridized carbons (Fsp3) is 0.500. The van der Waals surface area contributed by atoms with E-state index in [1.807, 2.05) is 6.26 Å². The van der Waals surface area contributed by atoms with E-state index in [1.54, 1.807) is 24.2 Å². The summed E-state index contributed by atoms with van der Waals surface area (Å²) in [6.07, 6.45) is 5.49. The van der Waals surface area contributed by atoms with E-state index < -0.39 is 0 Å². The lowest BCUT2D eigenvalue weighted by atomic mass is 10.4. The van der Waals surface area contributed by atoms with Crippen molar-refractivity contribution in [3.8, 4) is 0 Å². The molecule has 0 saturated carbocycles. The Bertz CT molecular complexity index is 250. The van der Waals surface area contributed by atoms with Gasteiger partial charge in [-0.15, -0.1) is 11.8 Å². The zero-order valence-corrected chi connectivity index (χ0v) is 8.35. The molecule has 0 aromatic carbocycles. The first kappa shape index (κ1) is 9.32. The molecule has 0 radical (unpaired) electrons. The summed E-state index contributed by atoms with van der Waals surface area (Å²) >= 11 is 1.60. The van der Waals surface area contributed by atoms with Crippen LogP contribution in [0.2, 0.25) is 0 Å². The molecule has 0 aliphatic rings. The predicted molar refractivity (Wildman–Crippen MR) is 52.6 cm³/mol. The molecule has 0 spiro atoms. The Labute approximate surface area is 77.0 Å². The standard InChI is InChI=1S/C8H13N3S/c1-6(2)10-7-4-9-5-8(11-7)12-3/h4-6H,1-3H3,(H,10,11). The monoisotopic (exact) mass is 183 g/mol. The number of hydrogen-bond donors (Lipinski definition) is 1. The summed E-state index contributed by atoms with van der Waals surface area (Å²) in [6, 6.07) is 0.399. The van der Waals surface area contributed by atoms with Gasteiger partial charge in [-0.2, -0.15) is 0 Å². The van der Waals surface area contributed by atoms with Crippen LogP contribution in [-0.4, -0.2) is 22.3 Å². The van der Waals surface area contributed by atoms with Crippen molar-refractivity contribution < 1.29 is 0 Å². The molecule has 0 amide bonds. The minimum atomic E-state index is 0.399. The number of nitrogens with zero attached hydrogens (tertiary/aromatic N) is 2. The molecule has 0 atom stereocenters. The lowest BCUT2D eigenvalue weighted by Crippen LogP contribution is -2.11. The highest BCUT2D eigenvalue weighted by Crippen LogP contribution is 2.12. The Morgan fingerprint density at radius 2 is 2.17 bits per heavy atom. The van der Waals surface area contributed by atoms with Crippen molar-refractivity contribution in [3.05, 3.63) is 12.4 Å². The normalized spacial score (nSPS) is 10.3. The number of thioether (sulfide) groups is 1. The molecule has 1 aromatic rings.